The highest BCUT2D eigenvalue weighted by molar-refractivity contribution is 6.35. The van der Waals surface area contributed by atoms with Crippen LogP contribution in [-0.4, -0.2) is 49.0 Å². The lowest BCUT2D eigenvalue weighted by atomic mass is 9.78. The van der Waals surface area contributed by atoms with Crippen LogP contribution in [0.15, 0.2) is 42.5 Å². The molecule has 2 aromatic carbocycles. The number of ether oxygens (including phenoxy) is 1. The van der Waals surface area contributed by atoms with E-state index in [0.717, 1.165) is 12.0 Å². The number of hydrogen-bond acceptors (Lipinski definition) is 5. The monoisotopic (exact) mass is 520 g/mol. The number of amides is 3. The number of nitrogens with zero attached hydrogens (tertiary/aromatic N) is 1. The summed E-state index contributed by atoms with van der Waals surface area (Å²) in [6.07, 6.45) is 0.907. The molecule has 1 fully saturated rings. The summed E-state index contributed by atoms with van der Waals surface area (Å²) in [5.74, 6) is -0.454. The van der Waals surface area contributed by atoms with Gasteiger partial charge in [-0.25, -0.2) is 4.79 Å². The van der Waals surface area contributed by atoms with Crippen LogP contribution in [0.5, 0.6) is 0 Å². The van der Waals surface area contributed by atoms with Crippen molar-refractivity contribution in [2.75, 3.05) is 31.6 Å². The average molecular weight is 521 g/mol. The van der Waals surface area contributed by atoms with E-state index in [-0.39, 0.29) is 31.5 Å². The summed E-state index contributed by atoms with van der Waals surface area (Å²) in [6.45, 7) is 2.70. The maximum absolute atomic E-state index is 13.3. The Morgan fingerprint density at radius 3 is 2.37 bits per heavy atom. The highest BCUT2D eigenvalue weighted by Gasteiger charge is 2.43. The minimum Gasteiger partial charge on any atom is -0.448 e. The lowest BCUT2D eigenvalue weighted by Crippen LogP contribution is -2.53. The van der Waals surface area contributed by atoms with E-state index in [4.69, 9.17) is 33.7 Å². The first-order valence-corrected chi connectivity index (χ1v) is 12.2. The molecule has 0 unspecified atom stereocenters. The second-order valence-corrected chi connectivity index (χ2v) is 9.38. The number of carbonyl (C=O) groups is 3. The van der Waals surface area contributed by atoms with Gasteiger partial charge in [-0.05, 0) is 54.7 Å². The van der Waals surface area contributed by atoms with Crippen LogP contribution >= 0.6 is 23.2 Å². The molecule has 3 rings (SSSR count). The van der Waals surface area contributed by atoms with Crippen molar-refractivity contribution in [1.82, 2.24) is 10.2 Å². The van der Waals surface area contributed by atoms with E-state index in [0.29, 0.717) is 47.2 Å². The number of anilines is 1. The lowest BCUT2D eigenvalue weighted by molar-refractivity contribution is -0.142. The Kier molecular flexibility index (Phi) is 9.37. The summed E-state index contributed by atoms with van der Waals surface area (Å²) in [4.78, 5) is 39.5. The third-order valence-corrected chi connectivity index (χ3v) is 6.86. The fraction of sp³-hybridized carbons (Fsp3) is 0.400. The third kappa shape index (κ3) is 7.10. The van der Waals surface area contributed by atoms with Crippen molar-refractivity contribution in [2.45, 2.75) is 32.7 Å². The van der Waals surface area contributed by atoms with Crippen molar-refractivity contribution in [3.05, 3.63) is 63.6 Å². The number of likely N-dealkylation sites (tertiary alicyclic amines) is 1. The maximum atomic E-state index is 13.3. The molecule has 0 spiro atoms. The second-order valence-electron chi connectivity index (χ2n) is 8.54. The van der Waals surface area contributed by atoms with Gasteiger partial charge < -0.3 is 20.7 Å². The van der Waals surface area contributed by atoms with Gasteiger partial charge in [-0.15, -0.1) is 0 Å². The molecule has 0 aliphatic carbocycles. The van der Waals surface area contributed by atoms with Crippen molar-refractivity contribution >= 4 is 46.8 Å². The van der Waals surface area contributed by atoms with Crippen molar-refractivity contribution in [3.8, 4) is 0 Å². The summed E-state index contributed by atoms with van der Waals surface area (Å²) in [5.41, 5.74) is 6.96. The van der Waals surface area contributed by atoms with Crippen molar-refractivity contribution in [1.29, 1.82) is 0 Å². The molecule has 0 atom stereocenters. The number of benzene rings is 2. The van der Waals surface area contributed by atoms with Gasteiger partial charge in [0.15, 0.2) is 0 Å². The Balaban J connectivity index is 1.66. The fourth-order valence-electron chi connectivity index (χ4n) is 3.96. The molecular formula is C25H30Cl2N4O4. The van der Waals surface area contributed by atoms with Crippen LogP contribution in [0.1, 0.15) is 30.9 Å². The lowest BCUT2D eigenvalue weighted by Gasteiger charge is -2.40. The Hall–Kier alpha value is -2.81. The predicted molar refractivity (Wildman–Crippen MR) is 136 cm³/mol. The largest absolute Gasteiger partial charge is 0.448 e. The molecule has 0 bridgehead atoms. The molecule has 1 heterocycles. The summed E-state index contributed by atoms with van der Waals surface area (Å²) >= 11 is 12.2. The highest BCUT2D eigenvalue weighted by Crippen LogP contribution is 2.33. The number of carbonyl (C=O) groups excluding carboxylic acids is 3. The van der Waals surface area contributed by atoms with E-state index in [2.05, 4.69) is 17.6 Å². The fourth-order valence-corrected chi connectivity index (χ4v) is 4.43. The number of aryl methyl sites for hydroxylation is 1. The normalized spacial score (nSPS) is 14.8. The molecule has 0 aromatic heterocycles. The van der Waals surface area contributed by atoms with Crippen LogP contribution in [0.3, 0.4) is 0 Å². The van der Waals surface area contributed by atoms with Gasteiger partial charge in [0.2, 0.25) is 11.8 Å². The first kappa shape index (κ1) is 26.8. The molecule has 8 nitrogen and oxygen atoms in total. The van der Waals surface area contributed by atoms with E-state index in [9.17, 15) is 14.4 Å². The first-order valence-electron chi connectivity index (χ1n) is 11.5. The number of halogens is 2. The standard InChI is InChI=1S/C25H30Cl2N4O4/c1-2-17-3-7-20(8-4-17)30-24(34)35-16-25(9-11-31(12-10-25)22(32)14-28)23(33)29-15-18-5-6-19(26)13-21(18)27/h3-8,13H,2,9-12,14-16,28H2,1H3,(H,29,33)(H,30,34). The molecule has 4 N–H and O–H groups in total. The molecule has 0 radical (unpaired) electrons. The second kappa shape index (κ2) is 12.2. The van der Waals surface area contributed by atoms with Gasteiger partial charge in [-0.2, -0.15) is 0 Å². The number of hydrogen-bond donors (Lipinski definition) is 3. The van der Waals surface area contributed by atoms with Gasteiger partial charge in [0.1, 0.15) is 6.61 Å². The van der Waals surface area contributed by atoms with Gasteiger partial charge in [0.05, 0.1) is 12.0 Å². The van der Waals surface area contributed by atoms with Gasteiger partial charge in [-0.1, -0.05) is 48.3 Å². The van der Waals surface area contributed by atoms with Gasteiger partial charge >= 0.3 is 6.09 Å². The Bertz CT molecular complexity index is 1050. The van der Waals surface area contributed by atoms with Gasteiger partial charge in [0, 0.05) is 35.4 Å². The summed E-state index contributed by atoms with van der Waals surface area (Å²) in [6, 6.07) is 12.5. The number of piperidine rings is 1. The molecule has 1 aliphatic heterocycles. The zero-order valence-electron chi connectivity index (χ0n) is 19.6. The molecule has 35 heavy (non-hydrogen) atoms. The Morgan fingerprint density at radius 2 is 1.77 bits per heavy atom. The van der Waals surface area contributed by atoms with Gasteiger partial charge in [-0.3, -0.25) is 14.9 Å². The SMILES string of the molecule is CCc1ccc(NC(=O)OCC2(C(=O)NCc3ccc(Cl)cc3Cl)CCN(C(=O)CN)CC2)cc1. The zero-order chi connectivity index (χ0) is 25.4. The van der Waals surface area contributed by atoms with Crippen LogP contribution in [0.25, 0.3) is 0 Å². The molecule has 1 aliphatic rings. The maximum Gasteiger partial charge on any atom is 0.411 e. The molecule has 10 heteroatoms. The average Bonchev–Trinajstić information content (AvgIpc) is 2.87. The summed E-state index contributed by atoms with van der Waals surface area (Å²) in [5, 5.41) is 6.55. The molecular weight excluding hydrogens is 491 g/mol. The molecule has 1 saturated heterocycles. The van der Waals surface area contributed by atoms with Crippen molar-refractivity contribution in [2.24, 2.45) is 11.1 Å². The van der Waals surface area contributed by atoms with Crippen molar-refractivity contribution in [3.63, 3.8) is 0 Å². The quantitative estimate of drug-likeness (QED) is 0.486. The van der Waals surface area contributed by atoms with E-state index >= 15 is 0 Å². The number of rotatable bonds is 8. The molecule has 0 saturated carbocycles. The third-order valence-electron chi connectivity index (χ3n) is 6.27. The van der Waals surface area contributed by atoms with E-state index < -0.39 is 11.5 Å². The molecule has 3 amide bonds. The van der Waals surface area contributed by atoms with Crippen LogP contribution in [0.4, 0.5) is 10.5 Å². The minimum atomic E-state index is -0.992. The Labute approximate surface area is 215 Å². The van der Waals surface area contributed by atoms with E-state index in [1.165, 1.54) is 0 Å². The van der Waals surface area contributed by atoms with E-state index in [1.807, 2.05) is 12.1 Å². The molecule has 2 aromatic rings. The van der Waals surface area contributed by atoms with Crippen LogP contribution in [-0.2, 0) is 27.3 Å². The predicted octanol–water partition coefficient (Wildman–Crippen LogP) is 3.99. The summed E-state index contributed by atoms with van der Waals surface area (Å²) < 4.78 is 5.50. The minimum absolute atomic E-state index is 0.0933. The van der Waals surface area contributed by atoms with E-state index in [1.54, 1.807) is 35.2 Å². The van der Waals surface area contributed by atoms with Gasteiger partial charge in [0.25, 0.3) is 0 Å². The topological polar surface area (TPSA) is 114 Å². The summed E-state index contributed by atoms with van der Waals surface area (Å²) in [7, 11) is 0. The number of nitrogens with two attached hydrogens (primary N) is 1. The van der Waals surface area contributed by atoms with Crippen LogP contribution < -0.4 is 16.4 Å². The van der Waals surface area contributed by atoms with Crippen LogP contribution in [0, 0.1) is 5.41 Å². The Morgan fingerprint density at radius 1 is 1.09 bits per heavy atom. The molecule has 188 valence electrons. The highest BCUT2D eigenvalue weighted by atomic mass is 35.5. The smallest absolute Gasteiger partial charge is 0.411 e. The first-order chi connectivity index (χ1) is 16.8. The van der Waals surface area contributed by atoms with Crippen LogP contribution in [0.2, 0.25) is 10.0 Å². The zero-order valence-corrected chi connectivity index (χ0v) is 21.1. The van der Waals surface area contributed by atoms with Crippen molar-refractivity contribution < 1.29 is 19.1 Å². The number of nitrogens with one attached hydrogen (secondary N) is 2.